The first-order valence-electron chi connectivity index (χ1n) is 10.4. The second kappa shape index (κ2) is 12.4. The highest BCUT2D eigenvalue weighted by atomic mass is 16.5. The van der Waals surface area contributed by atoms with Gasteiger partial charge in [0.25, 0.3) is 5.91 Å². The van der Waals surface area contributed by atoms with Crippen LogP contribution in [0.5, 0.6) is 0 Å². The lowest BCUT2D eigenvalue weighted by atomic mass is 10.1. The summed E-state index contributed by atoms with van der Waals surface area (Å²) in [6.45, 7) is 1.21. The molecule has 0 unspecified atom stereocenters. The quantitative estimate of drug-likeness (QED) is 0.225. The number of nitrogens with zero attached hydrogens (tertiary/aromatic N) is 1. The van der Waals surface area contributed by atoms with E-state index >= 15 is 0 Å². The van der Waals surface area contributed by atoms with Crippen LogP contribution < -0.4 is 21.4 Å². The Labute approximate surface area is 185 Å². The van der Waals surface area contributed by atoms with Gasteiger partial charge in [-0.3, -0.25) is 29.2 Å². The van der Waals surface area contributed by atoms with Gasteiger partial charge in [-0.2, -0.15) is 0 Å². The van der Waals surface area contributed by atoms with Gasteiger partial charge in [0.15, 0.2) is 0 Å². The summed E-state index contributed by atoms with van der Waals surface area (Å²) in [5.41, 5.74) is 2.43. The molecule has 5 amide bonds. The Morgan fingerprint density at radius 2 is 1.81 bits per heavy atom. The highest BCUT2D eigenvalue weighted by Gasteiger charge is 2.32. The summed E-state index contributed by atoms with van der Waals surface area (Å²) < 4.78 is 0. The van der Waals surface area contributed by atoms with Crippen molar-refractivity contribution in [3.05, 3.63) is 35.9 Å². The topological polar surface area (TPSA) is 157 Å². The van der Waals surface area contributed by atoms with E-state index in [0.29, 0.717) is 25.8 Å². The third kappa shape index (κ3) is 7.65. The van der Waals surface area contributed by atoms with Crippen molar-refractivity contribution in [2.24, 2.45) is 0 Å². The fraction of sp³-hybridized carbons (Fsp3) is 0.476. The van der Waals surface area contributed by atoms with Crippen molar-refractivity contribution in [3.63, 3.8) is 0 Å². The number of nitrogens with one attached hydrogen (secondary N) is 4. The lowest BCUT2D eigenvalue weighted by Crippen LogP contribution is -2.54. The zero-order valence-electron chi connectivity index (χ0n) is 17.9. The Morgan fingerprint density at radius 1 is 1.09 bits per heavy atom. The third-order valence-corrected chi connectivity index (χ3v) is 5.13. The average molecular weight is 447 g/mol. The van der Waals surface area contributed by atoms with E-state index in [0.717, 1.165) is 5.56 Å². The van der Waals surface area contributed by atoms with Crippen LogP contribution in [0.3, 0.4) is 0 Å². The van der Waals surface area contributed by atoms with Crippen molar-refractivity contribution in [1.82, 2.24) is 26.3 Å². The molecule has 1 saturated heterocycles. The predicted molar refractivity (Wildman–Crippen MR) is 113 cm³/mol. The van der Waals surface area contributed by atoms with Gasteiger partial charge in [0.2, 0.25) is 23.6 Å². The molecule has 0 spiro atoms. The molecule has 1 aliphatic rings. The van der Waals surface area contributed by atoms with Gasteiger partial charge < -0.3 is 20.9 Å². The standard InChI is InChI=1S/C21H29N5O6/c1-14(27)26-11-5-8-17(26)21(31)23-13-19(29)24-16(20(30)25-32)12-22-18(28)10-9-15-6-3-2-4-7-15/h2-4,6-7,16-17,32H,5,8-13H2,1H3,(H,22,28)(H,23,31)(H,24,29)(H,25,30)/t16-,17-/m0/s1. The van der Waals surface area contributed by atoms with Crippen LogP contribution in [0.4, 0.5) is 0 Å². The normalized spacial score (nSPS) is 16.1. The molecule has 1 aliphatic heterocycles. The van der Waals surface area contributed by atoms with Crippen molar-refractivity contribution in [2.45, 2.75) is 44.7 Å². The molecule has 0 aliphatic carbocycles. The number of amides is 5. The molecule has 5 N–H and O–H groups in total. The number of hydrogen-bond acceptors (Lipinski definition) is 6. The van der Waals surface area contributed by atoms with Gasteiger partial charge in [0, 0.05) is 26.4 Å². The van der Waals surface area contributed by atoms with Crippen LogP contribution in [0.25, 0.3) is 0 Å². The molecular formula is C21H29N5O6. The molecule has 32 heavy (non-hydrogen) atoms. The van der Waals surface area contributed by atoms with E-state index in [9.17, 15) is 24.0 Å². The number of hydroxylamine groups is 1. The second-order valence-corrected chi connectivity index (χ2v) is 7.47. The molecule has 0 radical (unpaired) electrons. The summed E-state index contributed by atoms with van der Waals surface area (Å²) in [6.07, 6.45) is 1.92. The van der Waals surface area contributed by atoms with Gasteiger partial charge in [-0.25, -0.2) is 5.48 Å². The Kier molecular flexibility index (Phi) is 9.61. The molecule has 174 valence electrons. The third-order valence-electron chi connectivity index (χ3n) is 5.13. The van der Waals surface area contributed by atoms with Crippen LogP contribution >= 0.6 is 0 Å². The van der Waals surface area contributed by atoms with Crippen LogP contribution in [0.1, 0.15) is 31.7 Å². The van der Waals surface area contributed by atoms with Crippen LogP contribution in [0.15, 0.2) is 30.3 Å². The van der Waals surface area contributed by atoms with E-state index in [-0.39, 0.29) is 24.8 Å². The number of benzene rings is 1. The van der Waals surface area contributed by atoms with Gasteiger partial charge in [-0.15, -0.1) is 0 Å². The van der Waals surface area contributed by atoms with E-state index in [1.54, 1.807) is 0 Å². The number of rotatable bonds is 10. The van der Waals surface area contributed by atoms with Gasteiger partial charge in [-0.1, -0.05) is 30.3 Å². The van der Waals surface area contributed by atoms with Gasteiger partial charge in [0.05, 0.1) is 6.54 Å². The summed E-state index contributed by atoms with van der Waals surface area (Å²) in [6, 6.07) is 7.54. The van der Waals surface area contributed by atoms with Crippen molar-refractivity contribution in [1.29, 1.82) is 0 Å². The number of likely N-dealkylation sites (tertiary alicyclic amines) is 1. The van der Waals surface area contributed by atoms with Crippen LogP contribution in [0.2, 0.25) is 0 Å². The van der Waals surface area contributed by atoms with Crippen molar-refractivity contribution in [3.8, 4) is 0 Å². The Morgan fingerprint density at radius 3 is 2.47 bits per heavy atom. The molecule has 0 aromatic heterocycles. The molecule has 11 heteroatoms. The molecular weight excluding hydrogens is 418 g/mol. The molecule has 1 aromatic rings. The molecule has 2 atom stereocenters. The predicted octanol–water partition coefficient (Wildman–Crippen LogP) is -1.15. The fourth-order valence-electron chi connectivity index (χ4n) is 3.44. The van der Waals surface area contributed by atoms with Gasteiger partial charge in [-0.05, 0) is 24.8 Å². The second-order valence-electron chi connectivity index (χ2n) is 7.47. The smallest absolute Gasteiger partial charge is 0.267 e. The van der Waals surface area contributed by atoms with Crippen LogP contribution in [-0.4, -0.2) is 71.4 Å². The Hall–Kier alpha value is -3.47. The zero-order chi connectivity index (χ0) is 23.5. The van der Waals surface area contributed by atoms with E-state index in [1.807, 2.05) is 30.3 Å². The molecule has 1 aromatic carbocycles. The number of carbonyl (C=O) groups excluding carboxylic acids is 5. The van der Waals surface area contributed by atoms with E-state index in [2.05, 4.69) is 16.0 Å². The summed E-state index contributed by atoms with van der Waals surface area (Å²) >= 11 is 0. The lowest BCUT2D eigenvalue weighted by molar-refractivity contribution is -0.138. The Balaban J connectivity index is 1.78. The van der Waals surface area contributed by atoms with Crippen LogP contribution in [-0.2, 0) is 30.4 Å². The molecule has 0 bridgehead atoms. The highest BCUT2D eigenvalue weighted by molar-refractivity contribution is 5.92. The fourth-order valence-corrected chi connectivity index (χ4v) is 3.44. The van der Waals surface area contributed by atoms with E-state index < -0.39 is 36.3 Å². The van der Waals surface area contributed by atoms with Gasteiger partial charge in [0.1, 0.15) is 12.1 Å². The van der Waals surface area contributed by atoms with Crippen molar-refractivity contribution in [2.75, 3.05) is 19.6 Å². The molecule has 2 rings (SSSR count). The first kappa shape index (κ1) is 24.8. The number of hydrogen-bond donors (Lipinski definition) is 5. The zero-order valence-corrected chi connectivity index (χ0v) is 17.9. The van der Waals surface area contributed by atoms with Crippen molar-refractivity contribution >= 4 is 29.5 Å². The molecule has 1 heterocycles. The summed E-state index contributed by atoms with van der Waals surface area (Å²) in [4.78, 5) is 61.4. The maximum atomic E-state index is 12.3. The number of carbonyl (C=O) groups is 5. The first-order chi connectivity index (χ1) is 15.3. The first-order valence-corrected chi connectivity index (χ1v) is 10.4. The summed E-state index contributed by atoms with van der Waals surface area (Å²) in [5.74, 6) is -2.58. The minimum absolute atomic E-state index is 0.190. The minimum Gasteiger partial charge on any atom is -0.353 e. The molecule has 0 saturated carbocycles. The molecule has 1 fully saturated rings. The SMILES string of the molecule is CC(=O)N1CCC[C@H]1C(=O)NCC(=O)N[C@@H](CNC(=O)CCc1ccccc1)C(=O)NO. The van der Waals surface area contributed by atoms with Gasteiger partial charge >= 0.3 is 0 Å². The maximum Gasteiger partial charge on any atom is 0.267 e. The molecule has 11 nitrogen and oxygen atoms in total. The highest BCUT2D eigenvalue weighted by Crippen LogP contribution is 2.17. The monoisotopic (exact) mass is 447 g/mol. The van der Waals surface area contributed by atoms with Crippen molar-refractivity contribution < 1.29 is 29.2 Å². The summed E-state index contributed by atoms with van der Waals surface area (Å²) in [5, 5.41) is 16.3. The van der Waals surface area contributed by atoms with E-state index in [4.69, 9.17) is 5.21 Å². The maximum absolute atomic E-state index is 12.3. The average Bonchev–Trinajstić information content (AvgIpc) is 3.29. The Bertz CT molecular complexity index is 831. The van der Waals surface area contributed by atoms with Crippen LogP contribution in [0, 0.1) is 0 Å². The summed E-state index contributed by atoms with van der Waals surface area (Å²) in [7, 11) is 0. The minimum atomic E-state index is -1.23. The number of aryl methyl sites for hydroxylation is 1. The lowest BCUT2D eigenvalue weighted by Gasteiger charge is -2.22. The van der Waals surface area contributed by atoms with E-state index in [1.165, 1.54) is 17.3 Å². The largest absolute Gasteiger partial charge is 0.353 e.